The van der Waals surface area contributed by atoms with Gasteiger partial charge in [0.1, 0.15) is 5.75 Å². The van der Waals surface area contributed by atoms with Crippen molar-refractivity contribution in [2.45, 2.75) is 13.1 Å². The van der Waals surface area contributed by atoms with Crippen LogP contribution in [0.3, 0.4) is 0 Å². The number of rotatable bonds is 3. The Hall–Kier alpha value is -4.25. The first-order chi connectivity index (χ1) is 15.3. The SMILES string of the molecule is Cc1ccc(-c2nc(-c3ccccc3)nc(-c3ccc(C#N)cc3C(F)(F)F)n2)c(O)c1. The average Bonchev–Trinajstić information content (AvgIpc) is 2.78. The van der Waals surface area contributed by atoms with E-state index in [1.165, 1.54) is 18.2 Å². The van der Waals surface area contributed by atoms with E-state index in [1.54, 1.807) is 55.5 Å². The predicted molar refractivity (Wildman–Crippen MR) is 112 cm³/mol. The molecule has 0 radical (unpaired) electrons. The first-order valence-electron chi connectivity index (χ1n) is 9.49. The Labute approximate surface area is 181 Å². The molecule has 0 fully saturated rings. The smallest absolute Gasteiger partial charge is 0.417 e. The summed E-state index contributed by atoms with van der Waals surface area (Å²) in [4.78, 5) is 12.9. The molecule has 5 nitrogen and oxygen atoms in total. The Kier molecular flexibility index (Phi) is 5.33. The molecule has 4 aromatic rings. The second kappa shape index (κ2) is 8.12. The molecule has 1 aromatic heterocycles. The maximum absolute atomic E-state index is 13.8. The van der Waals surface area contributed by atoms with Crippen LogP contribution in [-0.4, -0.2) is 20.1 Å². The Morgan fingerprint density at radius 1 is 0.812 bits per heavy atom. The predicted octanol–water partition coefficient (Wildman–Crippen LogP) is 5.78. The van der Waals surface area contributed by atoms with E-state index in [9.17, 15) is 18.3 Å². The molecule has 32 heavy (non-hydrogen) atoms. The summed E-state index contributed by atoms with van der Waals surface area (Å²) < 4.78 is 41.4. The van der Waals surface area contributed by atoms with Crippen LogP contribution >= 0.6 is 0 Å². The molecule has 0 saturated carbocycles. The molecule has 0 bridgehead atoms. The van der Waals surface area contributed by atoms with E-state index in [0.29, 0.717) is 5.56 Å². The van der Waals surface area contributed by atoms with Crippen LogP contribution < -0.4 is 0 Å². The van der Waals surface area contributed by atoms with Crippen LogP contribution in [0.5, 0.6) is 5.75 Å². The van der Waals surface area contributed by atoms with Crippen LogP contribution in [-0.2, 0) is 6.18 Å². The standard InChI is InChI=1S/C24H15F3N4O/c1-14-7-9-18(20(32)11-14)23-30-21(16-5-3-2-4-6-16)29-22(31-23)17-10-8-15(13-28)12-19(17)24(25,26)27/h2-12,32H,1H3. The van der Waals surface area contributed by atoms with E-state index in [-0.39, 0.29) is 39.9 Å². The number of halogens is 3. The number of phenols is 1. The van der Waals surface area contributed by atoms with Gasteiger partial charge in [-0.05, 0) is 42.8 Å². The van der Waals surface area contributed by atoms with Crippen LogP contribution in [0, 0.1) is 18.3 Å². The summed E-state index contributed by atoms with van der Waals surface area (Å²) in [5.41, 5.74) is 0.194. The molecule has 3 aromatic carbocycles. The molecule has 0 amide bonds. The topological polar surface area (TPSA) is 82.7 Å². The second-order valence-electron chi connectivity index (χ2n) is 7.06. The van der Waals surface area contributed by atoms with Crippen LogP contribution in [0.4, 0.5) is 13.2 Å². The summed E-state index contributed by atoms with van der Waals surface area (Å²) in [6, 6.07) is 18.5. The quantitative estimate of drug-likeness (QED) is 0.444. The van der Waals surface area contributed by atoms with Crippen molar-refractivity contribution in [3.63, 3.8) is 0 Å². The van der Waals surface area contributed by atoms with Crippen LogP contribution in [0.1, 0.15) is 16.7 Å². The van der Waals surface area contributed by atoms with Gasteiger partial charge in [-0.3, -0.25) is 0 Å². The lowest BCUT2D eigenvalue weighted by molar-refractivity contribution is -0.137. The van der Waals surface area contributed by atoms with Gasteiger partial charge in [0.05, 0.1) is 22.8 Å². The molecule has 0 unspecified atom stereocenters. The zero-order chi connectivity index (χ0) is 22.9. The summed E-state index contributed by atoms with van der Waals surface area (Å²) in [5.74, 6) is -0.130. The largest absolute Gasteiger partial charge is 0.507 e. The van der Waals surface area contributed by atoms with Gasteiger partial charge < -0.3 is 5.11 Å². The summed E-state index contributed by atoms with van der Waals surface area (Å²) in [6.07, 6.45) is -4.73. The monoisotopic (exact) mass is 432 g/mol. The number of hydrogen-bond donors (Lipinski definition) is 1. The van der Waals surface area contributed by atoms with Gasteiger partial charge >= 0.3 is 6.18 Å². The van der Waals surface area contributed by atoms with Crippen molar-refractivity contribution in [2.24, 2.45) is 0 Å². The van der Waals surface area contributed by atoms with Crippen molar-refractivity contribution in [3.8, 4) is 46.0 Å². The third-order valence-electron chi connectivity index (χ3n) is 4.76. The molecule has 0 atom stereocenters. The summed E-state index contributed by atoms with van der Waals surface area (Å²) in [5, 5.41) is 19.4. The Balaban J connectivity index is 2.00. The highest BCUT2D eigenvalue weighted by Crippen LogP contribution is 2.38. The number of benzene rings is 3. The fourth-order valence-corrected chi connectivity index (χ4v) is 3.21. The number of hydrogen-bond acceptors (Lipinski definition) is 5. The molecular weight excluding hydrogens is 417 g/mol. The molecule has 1 heterocycles. The van der Waals surface area contributed by atoms with Gasteiger partial charge in [-0.1, -0.05) is 36.4 Å². The molecule has 1 N–H and O–H groups in total. The third-order valence-corrected chi connectivity index (χ3v) is 4.76. The summed E-state index contributed by atoms with van der Waals surface area (Å²) >= 11 is 0. The van der Waals surface area contributed by atoms with Gasteiger partial charge in [-0.15, -0.1) is 0 Å². The lowest BCUT2D eigenvalue weighted by Gasteiger charge is -2.14. The van der Waals surface area contributed by atoms with E-state index >= 15 is 0 Å². The van der Waals surface area contributed by atoms with Crippen molar-refractivity contribution >= 4 is 0 Å². The molecular formula is C24H15F3N4O. The maximum Gasteiger partial charge on any atom is 0.417 e. The zero-order valence-electron chi connectivity index (χ0n) is 16.7. The number of aromatic hydroxyl groups is 1. The third kappa shape index (κ3) is 4.14. The minimum atomic E-state index is -4.73. The summed E-state index contributed by atoms with van der Waals surface area (Å²) in [7, 11) is 0. The molecule has 0 spiro atoms. The molecule has 8 heteroatoms. The molecule has 0 saturated heterocycles. The van der Waals surface area contributed by atoms with E-state index in [0.717, 1.165) is 11.6 Å². The zero-order valence-corrected chi connectivity index (χ0v) is 16.7. The Bertz CT molecular complexity index is 1350. The van der Waals surface area contributed by atoms with Crippen molar-refractivity contribution < 1.29 is 18.3 Å². The minimum Gasteiger partial charge on any atom is -0.507 e. The van der Waals surface area contributed by atoms with Crippen molar-refractivity contribution in [2.75, 3.05) is 0 Å². The van der Waals surface area contributed by atoms with Crippen molar-refractivity contribution in [1.82, 2.24) is 15.0 Å². The van der Waals surface area contributed by atoms with Gasteiger partial charge in [-0.25, -0.2) is 15.0 Å². The first kappa shape index (κ1) is 21.0. The number of aromatic nitrogens is 3. The Morgan fingerprint density at radius 2 is 1.44 bits per heavy atom. The Morgan fingerprint density at radius 3 is 2.06 bits per heavy atom. The lowest BCUT2D eigenvalue weighted by atomic mass is 10.0. The summed E-state index contributed by atoms with van der Waals surface area (Å²) in [6.45, 7) is 1.80. The van der Waals surface area contributed by atoms with Gasteiger partial charge in [0, 0.05) is 11.1 Å². The maximum atomic E-state index is 13.8. The highest BCUT2D eigenvalue weighted by molar-refractivity contribution is 5.71. The van der Waals surface area contributed by atoms with Gasteiger partial charge in [0.25, 0.3) is 0 Å². The molecule has 158 valence electrons. The molecule has 4 rings (SSSR count). The molecule has 0 aliphatic rings. The average molecular weight is 432 g/mol. The van der Waals surface area contributed by atoms with E-state index in [4.69, 9.17) is 5.26 Å². The van der Waals surface area contributed by atoms with Gasteiger partial charge in [-0.2, -0.15) is 18.4 Å². The number of nitrogens with zero attached hydrogens (tertiary/aromatic N) is 4. The first-order valence-corrected chi connectivity index (χ1v) is 9.49. The van der Waals surface area contributed by atoms with E-state index in [1.807, 2.05) is 0 Å². The lowest BCUT2D eigenvalue weighted by Crippen LogP contribution is -2.10. The fourth-order valence-electron chi connectivity index (χ4n) is 3.21. The second-order valence-corrected chi connectivity index (χ2v) is 7.06. The number of nitriles is 1. The van der Waals surface area contributed by atoms with E-state index < -0.39 is 11.7 Å². The molecule has 0 aliphatic carbocycles. The highest BCUT2D eigenvalue weighted by Gasteiger charge is 2.35. The van der Waals surface area contributed by atoms with Crippen LogP contribution in [0.15, 0.2) is 66.7 Å². The number of alkyl halides is 3. The minimum absolute atomic E-state index is 0.0313. The van der Waals surface area contributed by atoms with Gasteiger partial charge in [0.15, 0.2) is 17.5 Å². The normalized spacial score (nSPS) is 11.2. The van der Waals surface area contributed by atoms with Gasteiger partial charge in [0.2, 0.25) is 0 Å². The van der Waals surface area contributed by atoms with E-state index in [2.05, 4.69) is 15.0 Å². The number of phenolic OH excluding ortho intramolecular Hbond substituents is 1. The van der Waals surface area contributed by atoms with Crippen molar-refractivity contribution in [1.29, 1.82) is 5.26 Å². The highest BCUT2D eigenvalue weighted by atomic mass is 19.4. The number of aryl methyl sites for hydroxylation is 1. The van der Waals surface area contributed by atoms with Crippen LogP contribution in [0.2, 0.25) is 0 Å². The van der Waals surface area contributed by atoms with Crippen molar-refractivity contribution in [3.05, 3.63) is 83.4 Å². The molecule has 0 aliphatic heterocycles. The van der Waals surface area contributed by atoms with Crippen LogP contribution in [0.25, 0.3) is 34.2 Å². The fraction of sp³-hybridized carbons (Fsp3) is 0.0833.